The van der Waals surface area contributed by atoms with Crippen LogP contribution in [0.3, 0.4) is 0 Å². The molecule has 1 rings (SSSR count). The van der Waals surface area contributed by atoms with Gasteiger partial charge in [-0.3, -0.25) is 0 Å². The van der Waals surface area contributed by atoms with E-state index in [1.54, 1.807) is 0 Å². The van der Waals surface area contributed by atoms with Crippen molar-refractivity contribution in [2.45, 2.75) is 17.5 Å². The minimum Gasteiger partial charge on any atom is -0.395 e. The zero-order valence-corrected chi connectivity index (χ0v) is 5.71. The van der Waals surface area contributed by atoms with Crippen LogP contribution in [-0.2, 0) is 0 Å². The monoisotopic (exact) mass is 150 g/mol. The van der Waals surface area contributed by atoms with Gasteiger partial charge in [-0.15, -0.1) is 0 Å². The lowest BCUT2D eigenvalue weighted by atomic mass is 10.2. The third-order valence-corrected chi connectivity index (χ3v) is 2.83. The summed E-state index contributed by atoms with van der Waals surface area (Å²) < 4.78 is 0. The molecular formula is C5H10O3S. The molecule has 0 aliphatic carbocycles. The molecule has 0 radical (unpaired) electrons. The molecule has 0 aromatic rings. The van der Waals surface area contributed by atoms with Gasteiger partial charge in [0.25, 0.3) is 0 Å². The van der Waals surface area contributed by atoms with Crippen LogP contribution in [0.25, 0.3) is 0 Å². The molecule has 3 nitrogen and oxygen atoms in total. The number of hydrogen-bond acceptors (Lipinski definition) is 4. The van der Waals surface area contributed by atoms with Gasteiger partial charge in [0.05, 0.1) is 24.1 Å². The van der Waals surface area contributed by atoms with Crippen molar-refractivity contribution in [2.24, 2.45) is 0 Å². The lowest BCUT2D eigenvalue weighted by Crippen LogP contribution is -2.30. The molecule has 1 fully saturated rings. The van der Waals surface area contributed by atoms with Gasteiger partial charge in [0, 0.05) is 5.75 Å². The average molecular weight is 150 g/mol. The topological polar surface area (TPSA) is 60.7 Å². The highest BCUT2D eigenvalue weighted by molar-refractivity contribution is 8.00. The lowest BCUT2D eigenvalue weighted by Gasteiger charge is -2.11. The van der Waals surface area contributed by atoms with Gasteiger partial charge in [-0.1, -0.05) is 0 Å². The highest BCUT2D eigenvalue weighted by atomic mass is 32.2. The van der Waals surface area contributed by atoms with Gasteiger partial charge in [-0.2, -0.15) is 11.8 Å². The number of hydrogen-bond donors (Lipinski definition) is 3. The fourth-order valence-corrected chi connectivity index (χ4v) is 1.95. The molecule has 3 unspecified atom stereocenters. The van der Waals surface area contributed by atoms with E-state index in [-0.39, 0.29) is 11.9 Å². The second-order valence-corrected chi connectivity index (χ2v) is 3.38. The van der Waals surface area contributed by atoms with Crippen LogP contribution in [0.5, 0.6) is 0 Å². The van der Waals surface area contributed by atoms with E-state index in [4.69, 9.17) is 15.3 Å². The molecule has 1 aliphatic rings. The van der Waals surface area contributed by atoms with Crippen molar-refractivity contribution in [3.8, 4) is 0 Å². The minimum atomic E-state index is -0.736. The summed E-state index contributed by atoms with van der Waals surface area (Å²) in [4.78, 5) is 0. The van der Waals surface area contributed by atoms with E-state index in [2.05, 4.69) is 0 Å². The minimum absolute atomic E-state index is 0.0527. The van der Waals surface area contributed by atoms with Crippen molar-refractivity contribution in [1.82, 2.24) is 0 Å². The first-order valence-electron chi connectivity index (χ1n) is 2.84. The van der Waals surface area contributed by atoms with Gasteiger partial charge in [-0.05, 0) is 0 Å². The molecule has 9 heavy (non-hydrogen) atoms. The van der Waals surface area contributed by atoms with Gasteiger partial charge in [0.2, 0.25) is 0 Å². The summed E-state index contributed by atoms with van der Waals surface area (Å²) >= 11 is 1.41. The van der Waals surface area contributed by atoms with Crippen molar-refractivity contribution >= 4 is 11.8 Å². The standard InChI is InChI=1S/C5H10O3S/c6-1-4-5(8)3(7)2-9-4/h3-8H,1-2H2. The molecule has 1 saturated heterocycles. The first-order chi connectivity index (χ1) is 4.25. The van der Waals surface area contributed by atoms with E-state index in [0.717, 1.165) is 0 Å². The molecule has 1 heterocycles. The smallest absolute Gasteiger partial charge is 0.0947 e. The molecule has 0 bridgehead atoms. The van der Waals surface area contributed by atoms with E-state index in [1.807, 2.05) is 0 Å². The quantitative estimate of drug-likeness (QED) is 0.440. The average Bonchev–Trinajstić information content (AvgIpc) is 2.15. The summed E-state index contributed by atoms with van der Waals surface area (Å²) in [6.45, 7) is -0.0527. The summed E-state index contributed by atoms with van der Waals surface area (Å²) in [6, 6.07) is 0. The van der Waals surface area contributed by atoms with Gasteiger partial charge in [0.15, 0.2) is 0 Å². The molecule has 0 aromatic heterocycles. The van der Waals surface area contributed by atoms with Gasteiger partial charge >= 0.3 is 0 Å². The van der Waals surface area contributed by atoms with Crippen LogP contribution in [0.1, 0.15) is 0 Å². The molecule has 0 saturated carbocycles. The first kappa shape index (κ1) is 7.34. The van der Waals surface area contributed by atoms with Crippen LogP contribution in [-0.4, -0.2) is 45.1 Å². The third-order valence-electron chi connectivity index (χ3n) is 1.44. The van der Waals surface area contributed by atoms with Crippen molar-refractivity contribution in [1.29, 1.82) is 0 Å². The maximum Gasteiger partial charge on any atom is 0.0947 e. The highest BCUT2D eigenvalue weighted by Gasteiger charge is 2.33. The van der Waals surface area contributed by atoms with Crippen molar-refractivity contribution in [3.63, 3.8) is 0 Å². The Hall–Kier alpha value is 0.230. The van der Waals surface area contributed by atoms with Crippen LogP contribution >= 0.6 is 11.8 Å². The Labute approximate surface area is 57.7 Å². The second kappa shape index (κ2) is 2.88. The Morgan fingerprint density at radius 2 is 2.11 bits per heavy atom. The zero-order valence-electron chi connectivity index (χ0n) is 4.90. The van der Waals surface area contributed by atoms with E-state index < -0.39 is 12.2 Å². The van der Waals surface area contributed by atoms with Crippen molar-refractivity contribution in [3.05, 3.63) is 0 Å². The fraction of sp³-hybridized carbons (Fsp3) is 1.00. The van der Waals surface area contributed by atoms with Crippen LogP contribution < -0.4 is 0 Å². The maximum absolute atomic E-state index is 9.03. The third kappa shape index (κ3) is 1.38. The van der Waals surface area contributed by atoms with Gasteiger partial charge in [-0.25, -0.2) is 0 Å². The normalized spacial score (nSPS) is 43.7. The summed E-state index contributed by atoms with van der Waals surface area (Å²) in [6.07, 6.45) is -1.38. The number of aliphatic hydroxyl groups excluding tert-OH is 3. The van der Waals surface area contributed by atoms with E-state index >= 15 is 0 Å². The SMILES string of the molecule is OCC1SCC(O)C1O. The Morgan fingerprint density at radius 3 is 2.33 bits per heavy atom. The summed E-state index contributed by atoms with van der Waals surface area (Å²) in [5.74, 6) is 0.534. The number of thioether (sulfide) groups is 1. The maximum atomic E-state index is 9.03. The van der Waals surface area contributed by atoms with Crippen molar-refractivity contribution < 1.29 is 15.3 Å². The zero-order chi connectivity index (χ0) is 6.85. The van der Waals surface area contributed by atoms with Gasteiger partial charge in [0.1, 0.15) is 0 Å². The van der Waals surface area contributed by atoms with Crippen LogP contribution in [0.4, 0.5) is 0 Å². The predicted molar refractivity (Wildman–Crippen MR) is 35.3 cm³/mol. The van der Waals surface area contributed by atoms with Crippen LogP contribution in [0.2, 0.25) is 0 Å². The fourth-order valence-electron chi connectivity index (χ4n) is 0.828. The predicted octanol–water partition coefficient (Wildman–Crippen LogP) is -1.18. The summed E-state index contributed by atoms with van der Waals surface area (Å²) in [5, 5.41) is 26.3. The molecule has 54 valence electrons. The Balaban J connectivity index is 2.41. The molecule has 4 heteroatoms. The van der Waals surface area contributed by atoms with Crippen LogP contribution in [0, 0.1) is 0 Å². The molecule has 0 amide bonds. The van der Waals surface area contributed by atoms with Crippen LogP contribution in [0.15, 0.2) is 0 Å². The molecule has 0 aromatic carbocycles. The van der Waals surface area contributed by atoms with E-state index in [0.29, 0.717) is 5.75 Å². The largest absolute Gasteiger partial charge is 0.395 e. The highest BCUT2D eigenvalue weighted by Crippen LogP contribution is 2.26. The molecule has 0 spiro atoms. The number of rotatable bonds is 1. The summed E-state index contributed by atoms with van der Waals surface area (Å²) in [5.41, 5.74) is 0. The molecule has 3 N–H and O–H groups in total. The Morgan fingerprint density at radius 1 is 1.44 bits per heavy atom. The Kier molecular flexibility index (Phi) is 2.35. The summed E-state index contributed by atoms with van der Waals surface area (Å²) in [7, 11) is 0. The van der Waals surface area contributed by atoms with Gasteiger partial charge < -0.3 is 15.3 Å². The second-order valence-electron chi connectivity index (χ2n) is 2.11. The Bertz CT molecular complexity index is 98.2. The molecular weight excluding hydrogens is 140 g/mol. The molecule has 3 atom stereocenters. The van der Waals surface area contributed by atoms with Crippen molar-refractivity contribution in [2.75, 3.05) is 12.4 Å². The lowest BCUT2D eigenvalue weighted by molar-refractivity contribution is 0.0326. The van der Waals surface area contributed by atoms with E-state index in [1.165, 1.54) is 11.8 Å². The van der Waals surface area contributed by atoms with E-state index in [9.17, 15) is 0 Å². The molecule has 1 aliphatic heterocycles. The number of aliphatic hydroxyl groups is 3. The first-order valence-corrected chi connectivity index (χ1v) is 3.89.